The number of aliphatic hydroxyl groups is 1. The third-order valence-electron chi connectivity index (χ3n) is 5.44. The number of fused-ring (bicyclic) bond motifs is 1. The van der Waals surface area contributed by atoms with Crippen molar-refractivity contribution in [2.75, 3.05) is 6.61 Å². The number of benzene rings is 1. The van der Waals surface area contributed by atoms with Gasteiger partial charge in [0.05, 0.1) is 18.8 Å². The lowest BCUT2D eigenvalue weighted by Gasteiger charge is -2.56. The van der Waals surface area contributed by atoms with Crippen LogP contribution in [0, 0.1) is 0 Å². The van der Waals surface area contributed by atoms with Gasteiger partial charge in [-0.1, -0.05) is 71.9 Å². The van der Waals surface area contributed by atoms with Gasteiger partial charge in [-0.05, 0) is 5.56 Å². The van der Waals surface area contributed by atoms with Crippen molar-refractivity contribution < 1.29 is 18.7 Å². The van der Waals surface area contributed by atoms with Crippen molar-refractivity contribution in [3.63, 3.8) is 0 Å². The minimum atomic E-state index is -2.58. The molecule has 4 nitrogen and oxygen atoms in total. The Morgan fingerprint density at radius 1 is 1.00 bits per heavy atom. The molecule has 0 saturated carbocycles. The Balaban J connectivity index is 1.84. The summed E-state index contributed by atoms with van der Waals surface area (Å²) in [5.74, 6) is 0. The second-order valence-electron chi connectivity index (χ2n) is 9.39. The van der Waals surface area contributed by atoms with Crippen LogP contribution < -0.4 is 0 Å². The van der Waals surface area contributed by atoms with Crippen LogP contribution in [0.5, 0.6) is 0 Å². The second-order valence-corrected chi connectivity index (χ2v) is 14.1. The lowest BCUT2D eigenvalue weighted by molar-refractivity contribution is -0.203. The quantitative estimate of drug-likeness (QED) is 0.753. The van der Waals surface area contributed by atoms with Crippen molar-refractivity contribution in [3.8, 4) is 0 Å². The molecule has 0 aromatic heterocycles. The van der Waals surface area contributed by atoms with E-state index in [-0.39, 0.29) is 28.4 Å². The van der Waals surface area contributed by atoms with E-state index in [1.165, 1.54) is 0 Å². The number of rotatable bonds is 1. The van der Waals surface area contributed by atoms with Crippen LogP contribution >= 0.6 is 0 Å². The van der Waals surface area contributed by atoms with E-state index in [1.54, 1.807) is 0 Å². The summed E-state index contributed by atoms with van der Waals surface area (Å²) >= 11 is 0. The Labute approximate surface area is 152 Å². The molecule has 0 aliphatic carbocycles. The predicted octanol–water partition coefficient (Wildman–Crippen LogP) is 4.34. The SMILES string of the molecule is CC(C)(C)[Si]1(C(C)(C)C)OC[C@H]2O[C@@H](c3ccccc3)C[C@H](O)[C@@H]2O1. The van der Waals surface area contributed by atoms with Gasteiger partial charge < -0.3 is 18.7 Å². The third-order valence-corrected chi connectivity index (χ3v) is 10.6. The highest BCUT2D eigenvalue weighted by Crippen LogP contribution is 2.55. The zero-order valence-corrected chi connectivity index (χ0v) is 17.3. The molecule has 1 aromatic carbocycles. The summed E-state index contributed by atoms with van der Waals surface area (Å²) in [6, 6.07) is 10.1. The molecule has 2 aliphatic heterocycles. The fourth-order valence-corrected chi connectivity index (χ4v) is 9.44. The smallest absolute Gasteiger partial charge is 0.349 e. The van der Waals surface area contributed by atoms with E-state index in [4.69, 9.17) is 13.6 Å². The molecule has 5 heteroatoms. The lowest BCUT2D eigenvalue weighted by atomic mass is 9.94. The summed E-state index contributed by atoms with van der Waals surface area (Å²) in [7, 11) is -2.58. The molecule has 2 heterocycles. The van der Waals surface area contributed by atoms with Gasteiger partial charge in [0.15, 0.2) is 0 Å². The van der Waals surface area contributed by atoms with E-state index in [0.717, 1.165) is 5.56 Å². The minimum Gasteiger partial charge on any atom is -0.391 e. The lowest BCUT2D eigenvalue weighted by Crippen LogP contribution is -2.68. The summed E-state index contributed by atoms with van der Waals surface area (Å²) in [6.07, 6.45) is -0.616. The first-order valence-corrected chi connectivity index (χ1v) is 11.1. The van der Waals surface area contributed by atoms with Crippen LogP contribution in [0.15, 0.2) is 30.3 Å². The molecule has 2 saturated heterocycles. The molecule has 0 amide bonds. The van der Waals surface area contributed by atoms with E-state index in [9.17, 15) is 5.11 Å². The van der Waals surface area contributed by atoms with Crippen molar-refractivity contribution >= 4 is 8.56 Å². The van der Waals surface area contributed by atoms with Crippen LogP contribution in [0.2, 0.25) is 10.1 Å². The van der Waals surface area contributed by atoms with Gasteiger partial charge in [0.2, 0.25) is 0 Å². The Bertz CT molecular complexity index is 576. The molecule has 0 radical (unpaired) electrons. The first kappa shape index (κ1) is 19.0. The average molecular weight is 365 g/mol. The largest absolute Gasteiger partial charge is 0.391 e. The zero-order valence-electron chi connectivity index (χ0n) is 16.3. The molecule has 0 unspecified atom stereocenters. The van der Waals surface area contributed by atoms with Crippen LogP contribution in [0.25, 0.3) is 0 Å². The van der Waals surface area contributed by atoms with Gasteiger partial charge in [0, 0.05) is 16.5 Å². The fourth-order valence-electron chi connectivity index (χ4n) is 4.45. The van der Waals surface area contributed by atoms with Gasteiger partial charge in [0.25, 0.3) is 0 Å². The highest BCUT2D eigenvalue weighted by atomic mass is 28.4. The Kier molecular flexibility index (Phi) is 4.92. The predicted molar refractivity (Wildman–Crippen MR) is 101 cm³/mol. The molecule has 2 fully saturated rings. The topological polar surface area (TPSA) is 47.9 Å². The highest BCUT2D eigenvalue weighted by Gasteiger charge is 2.63. The van der Waals surface area contributed by atoms with Gasteiger partial charge in [-0.15, -0.1) is 0 Å². The normalized spacial score (nSPS) is 32.9. The Hall–Kier alpha value is -0.723. The molecule has 0 spiro atoms. The van der Waals surface area contributed by atoms with Crippen molar-refractivity contribution in [1.29, 1.82) is 0 Å². The monoisotopic (exact) mass is 364 g/mol. The fraction of sp³-hybridized carbons (Fsp3) is 0.700. The zero-order chi connectivity index (χ0) is 18.5. The van der Waals surface area contributed by atoms with Crippen LogP contribution in [0.4, 0.5) is 0 Å². The Morgan fingerprint density at radius 3 is 2.16 bits per heavy atom. The molecule has 2 aliphatic rings. The highest BCUT2D eigenvalue weighted by molar-refractivity contribution is 6.73. The van der Waals surface area contributed by atoms with Crippen LogP contribution in [-0.4, -0.2) is 38.6 Å². The minimum absolute atomic E-state index is 0.0911. The van der Waals surface area contributed by atoms with Gasteiger partial charge in [0.1, 0.15) is 12.2 Å². The van der Waals surface area contributed by atoms with Gasteiger partial charge in [-0.3, -0.25) is 0 Å². The summed E-state index contributed by atoms with van der Waals surface area (Å²) in [5.41, 5.74) is 1.10. The van der Waals surface area contributed by atoms with E-state index in [1.807, 2.05) is 30.3 Å². The van der Waals surface area contributed by atoms with E-state index >= 15 is 0 Å². The van der Waals surface area contributed by atoms with Gasteiger partial charge >= 0.3 is 8.56 Å². The van der Waals surface area contributed by atoms with Crippen LogP contribution in [0.1, 0.15) is 59.6 Å². The van der Waals surface area contributed by atoms with Crippen molar-refractivity contribution in [3.05, 3.63) is 35.9 Å². The maximum Gasteiger partial charge on any atom is 0.349 e. The molecular formula is C20H32O4Si. The van der Waals surface area contributed by atoms with E-state index in [0.29, 0.717) is 13.0 Å². The van der Waals surface area contributed by atoms with Crippen molar-refractivity contribution in [2.24, 2.45) is 0 Å². The number of ether oxygens (including phenoxy) is 1. The molecule has 1 N–H and O–H groups in total. The summed E-state index contributed by atoms with van der Waals surface area (Å²) in [6.45, 7) is 13.6. The standard InChI is InChI=1S/C20H32O4Si/c1-19(2,3)25(20(4,5)6)22-13-17-18(24-25)15(21)12-16(23-17)14-10-8-7-9-11-14/h7-11,15-18,21H,12-13H2,1-6H3/t15-,16+,17+,18-/m0/s1. The summed E-state index contributed by atoms with van der Waals surface area (Å²) in [5, 5.41) is 10.7. The molecule has 1 aromatic rings. The van der Waals surface area contributed by atoms with Crippen LogP contribution in [0.3, 0.4) is 0 Å². The first-order valence-electron chi connectivity index (χ1n) is 9.25. The first-order chi connectivity index (χ1) is 11.6. The number of hydrogen-bond donors (Lipinski definition) is 1. The number of aliphatic hydroxyl groups excluding tert-OH is 1. The third kappa shape index (κ3) is 3.33. The molecule has 4 atom stereocenters. The average Bonchev–Trinajstić information content (AvgIpc) is 2.53. The molecule has 0 bridgehead atoms. The van der Waals surface area contributed by atoms with E-state index in [2.05, 4.69) is 41.5 Å². The molecule has 25 heavy (non-hydrogen) atoms. The number of hydrogen-bond acceptors (Lipinski definition) is 4. The maximum atomic E-state index is 10.9. The summed E-state index contributed by atoms with van der Waals surface area (Å²) in [4.78, 5) is 0. The van der Waals surface area contributed by atoms with Crippen molar-refractivity contribution in [2.45, 2.75) is 82.5 Å². The van der Waals surface area contributed by atoms with Crippen LogP contribution in [-0.2, 0) is 13.6 Å². The molecule has 3 rings (SSSR count). The maximum absolute atomic E-state index is 10.9. The van der Waals surface area contributed by atoms with E-state index < -0.39 is 14.7 Å². The summed E-state index contributed by atoms with van der Waals surface area (Å²) < 4.78 is 19.4. The van der Waals surface area contributed by atoms with Gasteiger partial charge in [-0.25, -0.2) is 0 Å². The Morgan fingerprint density at radius 2 is 1.60 bits per heavy atom. The molecule has 140 valence electrons. The second kappa shape index (κ2) is 6.46. The van der Waals surface area contributed by atoms with Crippen molar-refractivity contribution in [1.82, 2.24) is 0 Å². The van der Waals surface area contributed by atoms with Gasteiger partial charge in [-0.2, -0.15) is 0 Å². The molecular weight excluding hydrogens is 332 g/mol.